The molecule has 25 heavy (non-hydrogen) atoms. The van der Waals surface area contributed by atoms with E-state index in [1.165, 1.54) is 0 Å². The highest BCUT2D eigenvalue weighted by molar-refractivity contribution is 9.10. The van der Waals surface area contributed by atoms with Gasteiger partial charge in [-0.3, -0.25) is 9.48 Å². The lowest BCUT2D eigenvalue weighted by Gasteiger charge is -2.16. The van der Waals surface area contributed by atoms with Crippen molar-refractivity contribution in [3.63, 3.8) is 0 Å². The molecule has 0 aliphatic carbocycles. The molecule has 0 aliphatic rings. The summed E-state index contributed by atoms with van der Waals surface area (Å²) in [6.07, 6.45) is -0.581. The van der Waals surface area contributed by atoms with E-state index >= 15 is 0 Å². The van der Waals surface area contributed by atoms with Crippen molar-refractivity contribution in [1.82, 2.24) is 20.0 Å². The molecule has 0 spiro atoms. The third-order valence-electron chi connectivity index (χ3n) is 3.92. The quantitative estimate of drug-likeness (QED) is 0.734. The lowest BCUT2D eigenvalue weighted by Crippen LogP contribution is -2.37. The Kier molecular flexibility index (Phi) is 6.75. The zero-order chi connectivity index (χ0) is 18.6. The number of aryl methyl sites for hydroxylation is 1. The molecule has 7 heteroatoms. The first-order valence-corrected chi connectivity index (χ1v) is 8.96. The molecule has 1 aromatic carbocycles. The predicted octanol–water partition coefficient (Wildman–Crippen LogP) is 1.96. The van der Waals surface area contributed by atoms with E-state index < -0.39 is 6.10 Å². The Labute approximate surface area is 157 Å². The molecule has 2 rings (SSSR count). The molecular weight excluding hydrogens is 384 g/mol. The molecular formula is C18H25BrN4O2. The zero-order valence-corrected chi connectivity index (χ0v) is 16.7. The second kappa shape index (κ2) is 8.60. The van der Waals surface area contributed by atoms with Crippen molar-refractivity contribution in [3.8, 4) is 0 Å². The lowest BCUT2D eigenvalue weighted by molar-refractivity contribution is 0.0892. The van der Waals surface area contributed by atoms with Gasteiger partial charge in [0.1, 0.15) is 0 Å². The normalized spacial score (nSPS) is 12.4. The Balaban J connectivity index is 1.95. The van der Waals surface area contributed by atoms with Gasteiger partial charge in [0, 0.05) is 18.7 Å². The Morgan fingerprint density at radius 1 is 1.32 bits per heavy atom. The van der Waals surface area contributed by atoms with E-state index in [4.69, 9.17) is 0 Å². The highest BCUT2D eigenvalue weighted by Gasteiger charge is 2.11. The van der Waals surface area contributed by atoms with E-state index in [9.17, 15) is 9.90 Å². The summed E-state index contributed by atoms with van der Waals surface area (Å²) in [6.45, 7) is 5.38. The van der Waals surface area contributed by atoms with Gasteiger partial charge in [-0.05, 0) is 61.6 Å². The van der Waals surface area contributed by atoms with Crippen LogP contribution in [0.25, 0.3) is 0 Å². The molecule has 1 unspecified atom stereocenters. The monoisotopic (exact) mass is 408 g/mol. The number of aliphatic hydroxyl groups excluding tert-OH is 1. The average Bonchev–Trinajstić information content (AvgIpc) is 2.80. The molecule has 1 atom stereocenters. The molecule has 0 saturated heterocycles. The number of carbonyl (C=O) groups is 1. The van der Waals surface area contributed by atoms with E-state index in [-0.39, 0.29) is 12.5 Å². The van der Waals surface area contributed by atoms with Crippen molar-refractivity contribution in [3.05, 3.63) is 51.3 Å². The van der Waals surface area contributed by atoms with Crippen molar-refractivity contribution in [2.75, 3.05) is 27.2 Å². The minimum Gasteiger partial charge on any atom is -0.390 e. The first kappa shape index (κ1) is 19.6. The number of amides is 1. The first-order valence-electron chi connectivity index (χ1n) is 8.17. The number of benzene rings is 1. The highest BCUT2D eigenvalue weighted by atomic mass is 79.9. The van der Waals surface area contributed by atoms with E-state index in [2.05, 4.69) is 26.3 Å². The van der Waals surface area contributed by atoms with E-state index in [1.54, 1.807) is 12.1 Å². The lowest BCUT2D eigenvalue weighted by atomic mass is 10.1. The number of aliphatic hydroxyl groups is 1. The Hall–Kier alpha value is -1.70. The molecule has 0 radical (unpaired) electrons. The fourth-order valence-electron chi connectivity index (χ4n) is 2.56. The van der Waals surface area contributed by atoms with E-state index in [0.717, 1.165) is 21.4 Å². The van der Waals surface area contributed by atoms with Crippen LogP contribution in [-0.4, -0.2) is 59.0 Å². The molecule has 136 valence electrons. The maximum atomic E-state index is 12.1. The molecule has 0 aliphatic heterocycles. The second-order valence-electron chi connectivity index (χ2n) is 6.47. The second-order valence-corrected chi connectivity index (χ2v) is 7.26. The van der Waals surface area contributed by atoms with Crippen LogP contribution in [0.5, 0.6) is 0 Å². The minimum absolute atomic E-state index is 0.182. The van der Waals surface area contributed by atoms with Crippen molar-refractivity contribution in [2.45, 2.75) is 26.5 Å². The average molecular weight is 409 g/mol. The van der Waals surface area contributed by atoms with Crippen molar-refractivity contribution < 1.29 is 9.90 Å². The fourth-order valence-corrected chi connectivity index (χ4v) is 2.85. The predicted molar refractivity (Wildman–Crippen MR) is 102 cm³/mol. The number of rotatable bonds is 7. The molecule has 2 N–H and O–H groups in total. The van der Waals surface area contributed by atoms with Crippen LogP contribution in [0.1, 0.15) is 27.3 Å². The maximum absolute atomic E-state index is 12.1. The number of nitrogens with one attached hydrogen (secondary N) is 1. The Bertz CT molecular complexity index is 725. The van der Waals surface area contributed by atoms with Crippen LogP contribution in [0.2, 0.25) is 0 Å². The first-order chi connectivity index (χ1) is 11.8. The third-order valence-corrected chi connectivity index (χ3v) is 5.06. The van der Waals surface area contributed by atoms with Crippen molar-refractivity contribution in [2.24, 2.45) is 0 Å². The summed E-state index contributed by atoms with van der Waals surface area (Å²) < 4.78 is 2.96. The number of nitrogens with zero attached hydrogens (tertiary/aromatic N) is 3. The molecule has 0 bridgehead atoms. The zero-order valence-electron chi connectivity index (χ0n) is 15.1. The van der Waals surface area contributed by atoms with Gasteiger partial charge in [-0.1, -0.05) is 12.1 Å². The highest BCUT2D eigenvalue weighted by Crippen LogP contribution is 2.20. The van der Waals surface area contributed by atoms with Gasteiger partial charge in [-0.15, -0.1) is 0 Å². The van der Waals surface area contributed by atoms with Crippen molar-refractivity contribution >= 4 is 21.8 Å². The van der Waals surface area contributed by atoms with Gasteiger partial charge in [0.15, 0.2) is 0 Å². The smallest absolute Gasteiger partial charge is 0.251 e. The third kappa shape index (κ3) is 5.39. The van der Waals surface area contributed by atoms with Crippen molar-refractivity contribution in [1.29, 1.82) is 0 Å². The standard InChI is InChI=1S/C18H25BrN4O2/c1-12-17(19)13(2)23(21-12)10-14-5-7-15(8-6-14)18(25)20-9-16(24)11-22(3)4/h5-8,16,24H,9-11H2,1-4H3,(H,20,25). The molecule has 1 aromatic heterocycles. The molecule has 1 amide bonds. The number of hydrogen-bond acceptors (Lipinski definition) is 4. The molecule has 2 aromatic rings. The minimum atomic E-state index is -0.581. The van der Waals surface area contributed by atoms with E-state index in [0.29, 0.717) is 18.7 Å². The van der Waals surface area contributed by atoms with Crippen LogP contribution < -0.4 is 5.32 Å². The van der Waals surface area contributed by atoms with Gasteiger partial charge in [-0.25, -0.2) is 0 Å². The summed E-state index contributed by atoms with van der Waals surface area (Å²) in [5.41, 5.74) is 3.69. The number of aromatic nitrogens is 2. The summed E-state index contributed by atoms with van der Waals surface area (Å²) in [5.74, 6) is -0.182. The van der Waals surface area contributed by atoms with Crippen LogP contribution in [0.4, 0.5) is 0 Å². The summed E-state index contributed by atoms with van der Waals surface area (Å²) in [4.78, 5) is 14.0. The number of likely N-dealkylation sites (N-methyl/N-ethyl adjacent to an activating group) is 1. The summed E-state index contributed by atoms with van der Waals surface area (Å²) in [6, 6.07) is 7.44. The number of carbonyl (C=O) groups excluding carboxylic acids is 1. The van der Waals surface area contributed by atoms with Crippen LogP contribution in [0.15, 0.2) is 28.7 Å². The van der Waals surface area contributed by atoms with Gasteiger partial charge < -0.3 is 15.3 Å². The number of halogens is 1. The summed E-state index contributed by atoms with van der Waals surface area (Å²) in [5, 5.41) is 17.1. The molecule has 1 heterocycles. The van der Waals surface area contributed by atoms with Gasteiger partial charge in [0.2, 0.25) is 0 Å². The molecule has 6 nitrogen and oxygen atoms in total. The fraction of sp³-hybridized carbons (Fsp3) is 0.444. The summed E-state index contributed by atoms with van der Waals surface area (Å²) in [7, 11) is 3.76. The van der Waals surface area contributed by atoms with Gasteiger partial charge in [-0.2, -0.15) is 5.10 Å². The molecule has 0 fully saturated rings. The number of hydrogen-bond donors (Lipinski definition) is 2. The van der Waals surface area contributed by atoms with E-state index in [1.807, 2.05) is 49.7 Å². The molecule has 0 saturated carbocycles. The maximum Gasteiger partial charge on any atom is 0.251 e. The largest absolute Gasteiger partial charge is 0.390 e. The Morgan fingerprint density at radius 3 is 2.48 bits per heavy atom. The SMILES string of the molecule is Cc1nn(Cc2ccc(C(=O)NCC(O)CN(C)C)cc2)c(C)c1Br. The summed E-state index contributed by atoms with van der Waals surface area (Å²) >= 11 is 3.53. The van der Waals surface area contributed by atoms with Gasteiger partial charge in [0.05, 0.1) is 28.5 Å². The van der Waals surface area contributed by atoms with Crippen LogP contribution >= 0.6 is 15.9 Å². The Morgan fingerprint density at radius 2 is 1.96 bits per heavy atom. The van der Waals surface area contributed by atoms with Gasteiger partial charge >= 0.3 is 0 Å². The topological polar surface area (TPSA) is 70.4 Å². The van der Waals surface area contributed by atoms with Crippen LogP contribution in [-0.2, 0) is 6.54 Å². The van der Waals surface area contributed by atoms with Crippen LogP contribution in [0, 0.1) is 13.8 Å². The van der Waals surface area contributed by atoms with Gasteiger partial charge in [0.25, 0.3) is 5.91 Å². The van der Waals surface area contributed by atoms with Crippen LogP contribution in [0.3, 0.4) is 0 Å².